The van der Waals surface area contributed by atoms with Gasteiger partial charge in [0.25, 0.3) is 5.91 Å². The first-order valence-corrected chi connectivity index (χ1v) is 11.6. The number of ether oxygens (including phenoxy) is 1. The molecule has 9 nitrogen and oxygen atoms in total. The summed E-state index contributed by atoms with van der Waals surface area (Å²) < 4.78 is 5.40. The molecule has 3 aromatic rings. The third-order valence-electron chi connectivity index (χ3n) is 6.91. The number of benzene rings is 1. The van der Waals surface area contributed by atoms with E-state index in [1.807, 2.05) is 30.0 Å². The Balaban J connectivity index is 1.56. The Bertz CT molecular complexity index is 1220. The summed E-state index contributed by atoms with van der Waals surface area (Å²) in [5.74, 6) is 0.670. The molecule has 1 fully saturated rings. The molecule has 34 heavy (non-hydrogen) atoms. The van der Waals surface area contributed by atoms with E-state index in [1.54, 1.807) is 36.5 Å². The summed E-state index contributed by atoms with van der Waals surface area (Å²) in [7, 11) is 1.62. The molecule has 3 amide bonds. The molecule has 1 spiro atoms. The predicted molar refractivity (Wildman–Crippen MR) is 127 cm³/mol. The molecule has 0 aliphatic carbocycles. The van der Waals surface area contributed by atoms with Crippen molar-refractivity contribution in [1.29, 1.82) is 0 Å². The van der Waals surface area contributed by atoms with Crippen molar-refractivity contribution in [2.24, 2.45) is 0 Å². The average Bonchev–Trinajstić information content (AvgIpc) is 3.24. The van der Waals surface area contributed by atoms with Crippen molar-refractivity contribution >= 4 is 22.8 Å². The zero-order chi connectivity index (χ0) is 23.9. The number of likely N-dealkylation sites (tertiary alicyclic amines) is 1. The number of fused-ring (bicyclic) bond motifs is 4. The minimum Gasteiger partial charge on any atom is -0.497 e. The maximum atomic E-state index is 13.1. The van der Waals surface area contributed by atoms with Gasteiger partial charge in [-0.2, -0.15) is 0 Å². The summed E-state index contributed by atoms with van der Waals surface area (Å²) in [4.78, 5) is 37.1. The van der Waals surface area contributed by atoms with E-state index in [9.17, 15) is 14.7 Å². The highest BCUT2D eigenvalue weighted by Crippen LogP contribution is 2.48. The van der Waals surface area contributed by atoms with Crippen LogP contribution in [0.2, 0.25) is 0 Å². The predicted octanol–water partition coefficient (Wildman–Crippen LogP) is 2.43. The van der Waals surface area contributed by atoms with Gasteiger partial charge in [-0.05, 0) is 36.2 Å². The summed E-state index contributed by atoms with van der Waals surface area (Å²) >= 11 is 0. The normalized spacial score (nSPS) is 18.5. The topological polar surface area (TPSA) is 111 Å². The molecule has 5 rings (SSSR count). The number of nitrogens with one attached hydrogen (secondary N) is 2. The fourth-order valence-electron chi connectivity index (χ4n) is 5.32. The maximum Gasteiger partial charge on any atom is 0.318 e. The van der Waals surface area contributed by atoms with Gasteiger partial charge in [-0.25, -0.2) is 4.79 Å². The van der Waals surface area contributed by atoms with E-state index in [1.165, 1.54) is 0 Å². The number of rotatable bonds is 5. The van der Waals surface area contributed by atoms with Gasteiger partial charge in [0.05, 0.1) is 25.2 Å². The van der Waals surface area contributed by atoms with Gasteiger partial charge in [0.15, 0.2) is 0 Å². The summed E-state index contributed by atoms with van der Waals surface area (Å²) in [5, 5.41) is 14.3. The van der Waals surface area contributed by atoms with E-state index in [4.69, 9.17) is 4.74 Å². The number of urea groups is 1. The van der Waals surface area contributed by atoms with Crippen LogP contribution in [0.4, 0.5) is 4.79 Å². The number of carbonyl (C=O) groups is 2. The number of hydrogen-bond acceptors (Lipinski definition) is 5. The quantitative estimate of drug-likeness (QED) is 0.538. The van der Waals surface area contributed by atoms with E-state index in [-0.39, 0.29) is 18.5 Å². The Morgan fingerprint density at radius 2 is 2.00 bits per heavy atom. The van der Waals surface area contributed by atoms with Crippen LogP contribution in [0, 0.1) is 0 Å². The van der Waals surface area contributed by atoms with Gasteiger partial charge < -0.3 is 29.9 Å². The Labute approximate surface area is 197 Å². The maximum absolute atomic E-state index is 13.1. The van der Waals surface area contributed by atoms with Gasteiger partial charge in [-0.15, -0.1) is 0 Å². The zero-order valence-corrected chi connectivity index (χ0v) is 19.4. The standard InChI is InChI=1S/C25H29N5O4/c1-3-8-27-24(33)30-15-25(13-29(14-25)23(32)16-6-9-26-10-7-16)21-18-5-4-17(34-2)11-19(18)28-22(21)20(30)12-31/h4-7,9-11,20,28,31H,3,8,12-15H2,1-2H3,(H,27,33)/t20-/m1/s1. The van der Waals surface area contributed by atoms with E-state index in [0.717, 1.165) is 34.3 Å². The van der Waals surface area contributed by atoms with Gasteiger partial charge in [0.1, 0.15) is 5.75 Å². The van der Waals surface area contributed by atoms with Gasteiger partial charge in [-0.1, -0.05) is 6.92 Å². The van der Waals surface area contributed by atoms with Crippen LogP contribution in [-0.4, -0.2) is 76.7 Å². The fraction of sp³-hybridized carbons (Fsp3) is 0.400. The molecule has 1 aromatic carbocycles. The second-order valence-electron chi connectivity index (χ2n) is 9.06. The molecule has 0 unspecified atom stereocenters. The summed E-state index contributed by atoms with van der Waals surface area (Å²) in [6, 6.07) is 8.57. The molecule has 1 atom stereocenters. The minimum atomic E-state index is -0.499. The second kappa shape index (κ2) is 8.64. The van der Waals surface area contributed by atoms with Crippen LogP contribution in [-0.2, 0) is 5.41 Å². The SMILES string of the molecule is CCCNC(=O)N1CC2(CN(C(=O)c3ccncc3)C2)c2c([nH]c3cc(OC)ccc23)[C@H]1CO. The number of pyridine rings is 1. The highest BCUT2D eigenvalue weighted by Gasteiger charge is 2.55. The first-order chi connectivity index (χ1) is 16.5. The number of aromatic nitrogens is 2. The van der Waals surface area contributed by atoms with Crippen LogP contribution in [0.5, 0.6) is 5.75 Å². The molecule has 3 N–H and O–H groups in total. The van der Waals surface area contributed by atoms with Crippen LogP contribution < -0.4 is 10.1 Å². The van der Waals surface area contributed by atoms with Crippen LogP contribution in [0.15, 0.2) is 42.7 Å². The van der Waals surface area contributed by atoms with Crippen molar-refractivity contribution in [2.75, 3.05) is 39.9 Å². The molecule has 0 bridgehead atoms. The van der Waals surface area contributed by atoms with Crippen LogP contribution in [0.3, 0.4) is 0 Å². The van der Waals surface area contributed by atoms with Crippen molar-refractivity contribution in [1.82, 2.24) is 25.1 Å². The highest BCUT2D eigenvalue weighted by molar-refractivity contribution is 5.96. The molecule has 2 aromatic heterocycles. The molecule has 9 heteroatoms. The van der Waals surface area contributed by atoms with Gasteiger partial charge in [0.2, 0.25) is 0 Å². The number of aromatic amines is 1. The monoisotopic (exact) mass is 463 g/mol. The van der Waals surface area contributed by atoms with Crippen LogP contribution >= 0.6 is 0 Å². The number of aliphatic hydroxyl groups excluding tert-OH is 1. The molecule has 2 aliphatic rings. The lowest BCUT2D eigenvalue weighted by Crippen LogP contribution is -2.68. The molecule has 1 saturated heterocycles. The van der Waals surface area contributed by atoms with Crippen LogP contribution in [0.1, 0.15) is 41.0 Å². The fourth-order valence-corrected chi connectivity index (χ4v) is 5.32. The molecule has 0 radical (unpaired) electrons. The number of methoxy groups -OCH3 is 1. The molecular formula is C25H29N5O4. The smallest absolute Gasteiger partial charge is 0.318 e. The Kier molecular flexibility index (Phi) is 5.65. The van der Waals surface area contributed by atoms with Crippen LogP contribution in [0.25, 0.3) is 10.9 Å². The average molecular weight is 464 g/mol. The number of aliphatic hydroxyl groups is 1. The Morgan fingerprint density at radius 1 is 1.24 bits per heavy atom. The van der Waals surface area contributed by atoms with Gasteiger partial charge in [0, 0.05) is 66.8 Å². The minimum absolute atomic E-state index is 0.0534. The lowest BCUT2D eigenvalue weighted by molar-refractivity contribution is 0.0121. The number of hydrogen-bond donors (Lipinski definition) is 3. The summed E-state index contributed by atoms with van der Waals surface area (Å²) in [5.41, 5.74) is 2.94. The number of amides is 3. The van der Waals surface area contributed by atoms with Crippen molar-refractivity contribution in [3.63, 3.8) is 0 Å². The van der Waals surface area contributed by atoms with E-state index in [2.05, 4.69) is 15.3 Å². The Morgan fingerprint density at radius 3 is 2.68 bits per heavy atom. The summed E-state index contributed by atoms with van der Waals surface area (Å²) in [6.45, 7) is 3.74. The van der Waals surface area contributed by atoms with Crippen molar-refractivity contribution in [3.8, 4) is 5.75 Å². The Hall–Kier alpha value is -3.59. The highest BCUT2D eigenvalue weighted by atomic mass is 16.5. The largest absolute Gasteiger partial charge is 0.497 e. The molecular weight excluding hydrogens is 434 g/mol. The number of H-pyrrole nitrogens is 1. The number of carbonyl (C=O) groups excluding carboxylic acids is 2. The lowest BCUT2D eigenvalue weighted by atomic mass is 9.68. The second-order valence-corrected chi connectivity index (χ2v) is 9.06. The summed E-state index contributed by atoms with van der Waals surface area (Å²) in [6.07, 6.45) is 4.04. The lowest BCUT2D eigenvalue weighted by Gasteiger charge is -2.56. The molecule has 2 aliphatic heterocycles. The first kappa shape index (κ1) is 22.2. The van der Waals surface area contributed by atoms with E-state index in [0.29, 0.717) is 31.7 Å². The van der Waals surface area contributed by atoms with Crippen molar-refractivity contribution in [2.45, 2.75) is 24.8 Å². The third kappa shape index (κ3) is 3.47. The van der Waals surface area contributed by atoms with Crippen molar-refractivity contribution in [3.05, 3.63) is 59.5 Å². The van der Waals surface area contributed by atoms with Gasteiger partial charge >= 0.3 is 6.03 Å². The van der Waals surface area contributed by atoms with Crippen molar-refractivity contribution < 1.29 is 19.4 Å². The van der Waals surface area contributed by atoms with Gasteiger partial charge in [-0.3, -0.25) is 9.78 Å². The molecule has 178 valence electrons. The van der Waals surface area contributed by atoms with E-state index >= 15 is 0 Å². The number of nitrogens with zero attached hydrogens (tertiary/aromatic N) is 3. The molecule has 0 saturated carbocycles. The molecule has 4 heterocycles. The van der Waals surface area contributed by atoms with E-state index < -0.39 is 11.5 Å². The zero-order valence-electron chi connectivity index (χ0n) is 19.4. The first-order valence-electron chi connectivity index (χ1n) is 11.6. The third-order valence-corrected chi connectivity index (χ3v) is 6.91.